The standard InChI is InChI=1S/C15H22N2OS/c1-11(2)16-9-7-15(18)17-13-8-10-19-14-6-4-3-5-12(13)14/h3-6,11,13,16H,7-10H2,1-2H3,(H,17,18). The zero-order valence-electron chi connectivity index (χ0n) is 11.6. The Kier molecular flexibility index (Phi) is 5.28. The molecule has 1 atom stereocenters. The Balaban J connectivity index is 1.88. The second-order valence-electron chi connectivity index (χ2n) is 5.15. The second kappa shape index (κ2) is 6.96. The first kappa shape index (κ1) is 14.4. The molecule has 0 saturated carbocycles. The molecule has 1 aromatic carbocycles. The van der Waals surface area contributed by atoms with Gasteiger partial charge in [-0.1, -0.05) is 32.0 Å². The first-order chi connectivity index (χ1) is 9.16. The van der Waals surface area contributed by atoms with Crippen molar-refractivity contribution in [2.24, 2.45) is 0 Å². The van der Waals surface area contributed by atoms with Gasteiger partial charge in [-0.3, -0.25) is 4.79 Å². The van der Waals surface area contributed by atoms with Crippen LogP contribution >= 0.6 is 11.8 Å². The van der Waals surface area contributed by atoms with Crippen molar-refractivity contribution in [3.63, 3.8) is 0 Å². The van der Waals surface area contributed by atoms with Crippen LogP contribution in [-0.4, -0.2) is 24.2 Å². The van der Waals surface area contributed by atoms with Crippen molar-refractivity contribution < 1.29 is 4.79 Å². The molecule has 1 aliphatic rings. The van der Waals surface area contributed by atoms with E-state index >= 15 is 0 Å². The summed E-state index contributed by atoms with van der Waals surface area (Å²) in [5.74, 6) is 1.21. The number of fused-ring (bicyclic) bond motifs is 1. The minimum absolute atomic E-state index is 0.139. The van der Waals surface area contributed by atoms with Crippen LogP contribution in [0.4, 0.5) is 0 Å². The summed E-state index contributed by atoms with van der Waals surface area (Å²) in [6, 6.07) is 8.98. The molecule has 2 N–H and O–H groups in total. The van der Waals surface area contributed by atoms with Gasteiger partial charge in [0.1, 0.15) is 0 Å². The molecule has 2 rings (SSSR count). The lowest BCUT2D eigenvalue weighted by Gasteiger charge is -2.26. The Labute approximate surface area is 119 Å². The van der Waals surface area contributed by atoms with Crippen molar-refractivity contribution in [1.29, 1.82) is 0 Å². The number of rotatable bonds is 5. The van der Waals surface area contributed by atoms with E-state index in [0.29, 0.717) is 12.5 Å². The molecule has 0 saturated heterocycles. The van der Waals surface area contributed by atoms with Crippen molar-refractivity contribution in [3.8, 4) is 0 Å². The lowest BCUT2D eigenvalue weighted by molar-refractivity contribution is -0.121. The fourth-order valence-electron chi connectivity index (χ4n) is 2.23. The molecule has 0 radical (unpaired) electrons. The Morgan fingerprint density at radius 2 is 2.21 bits per heavy atom. The number of amides is 1. The van der Waals surface area contributed by atoms with Crippen molar-refractivity contribution in [2.45, 2.75) is 43.7 Å². The van der Waals surface area contributed by atoms with Crippen LogP contribution in [0.3, 0.4) is 0 Å². The largest absolute Gasteiger partial charge is 0.349 e. The molecule has 104 valence electrons. The van der Waals surface area contributed by atoms with Crippen LogP contribution in [0.2, 0.25) is 0 Å². The highest BCUT2D eigenvalue weighted by Gasteiger charge is 2.21. The van der Waals surface area contributed by atoms with Gasteiger partial charge in [-0.15, -0.1) is 11.8 Å². The lowest BCUT2D eigenvalue weighted by atomic mass is 10.0. The van der Waals surface area contributed by atoms with E-state index in [1.165, 1.54) is 10.5 Å². The van der Waals surface area contributed by atoms with Gasteiger partial charge in [-0.2, -0.15) is 0 Å². The monoisotopic (exact) mass is 278 g/mol. The normalized spacial score (nSPS) is 18.2. The van der Waals surface area contributed by atoms with Crippen molar-refractivity contribution in [1.82, 2.24) is 10.6 Å². The van der Waals surface area contributed by atoms with Gasteiger partial charge in [-0.05, 0) is 18.1 Å². The summed E-state index contributed by atoms with van der Waals surface area (Å²) >= 11 is 1.88. The van der Waals surface area contributed by atoms with Crippen LogP contribution in [0.1, 0.15) is 38.3 Å². The quantitative estimate of drug-likeness (QED) is 0.870. The average Bonchev–Trinajstić information content (AvgIpc) is 2.39. The Morgan fingerprint density at radius 1 is 1.42 bits per heavy atom. The van der Waals surface area contributed by atoms with Crippen LogP contribution in [-0.2, 0) is 4.79 Å². The van der Waals surface area contributed by atoms with Crippen LogP contribution in [0, 0.1) is 0 Å². The van der Waals surface area contributed by atoms with Gasteiger partial charge in [0.15, 0.2) is 0 Å². The van der Waals surface area contributed by atoms with Crippen molar-refractivity contribution >= 4 is 17.7 Å². The van der Waals surface area contributed by atoms with Gasteiger partial charge in [0.2, 0.25) is 5.91 Å². The van der Waals surface area contributed by atoms with Gasteiger partial charge < -0.3 is 10.6 Å². The summed E-state index contributed by atoms with van der Waals surface area (Å²) in [5.41, 5.74) is 1.27. The summed E-state index contributed by atoms with van der Waals surface area (Å²) < 4.78 is 0. The third-order valence-corrected chi connectivity index (χ3v) is 4.32. The van der Waals surface area contributed by atoms with Crippen molar-refractivity contribution in [3.05, 3.63) is 29.8 Å². The highest BCUT2D eigenvalue weighted by molar-refractivity contribution is 7.99. The molecular formula is C15H22N2OS. The number of benzene rings is 1. The van der Waals surface area contributed by atoms with E-state index in [9.17, 15) is 4.79 Å². The number of hydrogen-bond acceptors (Lipinski definition) is 3. The van der Waals surface area contributed by atoms with Crippen LogP contribution < -0.4 is 10.6 Å². The predicted molar refractivity (Wildman–Crippen MR) is 80.4 cm³/mol. The second-order valence-corrected chi connectivity index (χ2v) is 6.29. The highest BCUT2D eigenvalue weighted by Crippen LogP contribution is 2.35. The fourth-order valence-corrected chi connectivity index (χ4v) is 3.36. The molecule has 1 aromatic rings. The van der Waals surface area contributed by atoms with E-state index in [-0.39, 0.29) is 11.9 Å². The Hall–Kier alpha value is -1.00. The molecule has 3 nitrogen and oxygen atoms in total. The summed E-state index contributed by atoms with van der Waals surface area (Å²) in [6.45, 7) is 4.92. The molecule has 0 bridgehead atoms. The molecule has 0 spiro atoms. The smallest absolute Gasteiger partial charge is 0.221 e. The molecule has 1 amide bonds. The van der Waals surface area contributed by atoms with E-state index in [1.807, 2.05) is 17.8 Å². The van der Waals surface area contributed by atoms with Crippen LogP contribution in [0.25, 0.3) is 0 Å². The van der Waals surface area contributed by atoms with Crippen molar-refractivity contribution in [2.75, 3.05) is 12.3 Å². The van der Waals surface area contributed by atoms with Gasteiger partial charge in [0.05, 0.1) is 6.04 Å². The van der Waals surface area contributed by atoms with Crippen LogP contribution in [0.15, 0.2) is 29.2 Å². The summed E-state index contributed by atoms with van der Waals surface area (Å²) in [5, 5.41) is 6.42. The number of nitrogens with one attached hydrogen (secondary N) is 2. The zero-order valence-corrected chi connectivity index (χ0v) is 12.4. The minimum atomic E-state index is 0.139. The van der Waals surface area contributed by atoms with Gasteiger partial charge in [0, 0.05) is 29.7 Å². The van der Waals surface area contributed by atoms with E-state index in [2.05, 4.69) is 42.7 Å². The predicted octanol–water partition coefficient (Wildman–Crippen LogP) is 2.73. The minimum Gasteiger partial charge on any atom is -0.349 e. The summed E-state index contributed by atoms with van der Waals surface area (Å²) in [6.07, 6.45) is 1.56. The number of thioether (sulfide) groups is 1. The van der Waals surface area contributed by atoms with E-state index in [1.54, 1.807) is 0 Å². The zero-order chi connectivity index (χ0) is 13.7. The highest BCUT2D eigenvalue weighted by atomic mass is 32.2. The maximum atomic E-state index is 11.9. The van der Waals surface area contributed by atoms with E-state index in [4.69, 9.17) is 0 Å². The molecule has 1 unspecified atom stereocenters. The first-order valence-electron chi connectivity index (χ1n) is 6.91. The SMILES string of the molecule is CC(C)NCCC(=O)NC1CCSc2ccccc21. The molecule has 1 heterocycles. The summed E-state index contributed by atoms with van der Waals surface area (Å²) in [4.78, 5) is 13.2. The van der Waals surface area contributed by atoms with Gasteiger partial charge in [-0.25, -0.2) is 0 Å². The van der Waals surface area contributed by atoms with Gasteiger partial charge in [0.25, 0.3) is 0 Å². The lowest BCUT2D eigenvalue weighted by Crippen LogP contribution is -2.34. The van der Waals surface area contributed by atoms with E-state index < -0.39 is 0 Å². The third-order valence-electron chi connectivity index (χ3n) is 3.20. The third kappa shape index (κ3) is 4.25. The summed E-state index contributed by atoms with van der Waals surface area (Å²) in [7, 11) is 0. The molecule has 0 fully saturated rings. The first-order valence-corrected chi connectivity index (χ1v) is 7.90. The molecule has 1 aliphatic heterocycles. The maximum Gasteiger partial charge on any atom is 0.221 e. The number of hydrogen-bond donors (Lipinski definition) is 2. The fraction of sp³-hybridized carbons (Fsp3) is 0.533. The molecule has 19 heavy (non-hydrogen) atoms. The molecule has 4 heteroatoms. The molecule has 0 aliphatic carbocycles. The average molecular weight is 278 g/mol. The Morgan fingerprint density at radius 3 is 3.00 bits per heavy atom. The van der Waals surface area contributed by atoms with Crippen LogP contribution in [0.5, 0.6) is 0 Å². The van der Waals surface area contributed by atoms with Gasteiger partial charge >= 0.3 is 0 Å². The molecule has 0 aromatic heterocycles. The molecular weight excluding hydrogens is 256 g/mol. The maximum absolute atomic E-state index is 11.9. The topological polar surface area (TPSA) is 41.1 Å². The van der Waals surface area contributed by atoms with E-state index in [0.717, 1.165) is 18.7 Å². The number of carbonyl (C=O) groups excluding carboxylic acids is 1. The number of carbonyl (C=O) groups is 1. The Bertz CT molecular complexity index is 434.